The zero-order chi connectivity index (χ0) is 16.7. The van der Waals surface area contributed by atoms with Crippen LogP contribution in [0.25, 0.3) is 0 Å². The summed E-state index contributed by atoms with van der Waals surface area (Å²) in [6.07, 6.45) is 0.928. The number of nitrogens with zero attached hydrogens (tertiary/aromatic N) is 1. The summed E-state index contributed by atoms with van der Waals surface area (Å²) in [5.74, 6) is 1.34. The van der Waals surface area contributed by atoms with Gasteiger partial charge in [-0.3, -0.25) is 0 Å². The number of ether oxygens (including phenoxy) is 2. The molecule has 7 heteroatoms. The van der Waals surface area contributed by atoms with Crippen LogP contribution < -0.4 is 20.1 Å². The Hall–Kier alpha value is -1.47. The van der Waals surface area contributed by atoms with Gasteiger partial charge in [0.2, 0.25) is 0 Å². The fourth-order valence-electron chi connectivity index (χ4n) is 2.37. The van der Waals surface area contributed by atoms with Crippen molar-refractivity contribution in [1.29, 1.82) is 0 Å². The third kappa shape index (κ3) is 5.28. The molecule has 0 unspecified atom stereocenters. The van der Waals surface area contributed by atoms with Crippen molar-refractivity contribution in [2.75, 3.05) is 44.7 Å². The minimum Gasteiger partial charge on any atom is -0.486 e. The van der Waals surface area contributed by atoms with E-state index in [2.05, 4.69) is 45.3 Å². The molecule has 0 aliphatic carbocycles. The molecule has 23 heavy (non-hydrogen) atoms. The van der Waals surface area contributed by atoms with Gasteiger partial charge in [0.1, 0.15) is 13.2 Å². The second-order valence-corrected chi connectivity index (χ2v) is 6.09. The third-order valence-electron chi connectivity index (χ3n) is 3.71. The first kappa shape index (κ1) is 17.9. The predicted molar refractivity (Wildman–Crippen MR) is 94.6 cm³/mol. The van der Waals surface area contributed by atoms with Crippen molar-refractivity contribution in [3.05, 3.63) is 16.6 Å². The monoisotopic (exact) mass is 385 g/mol. The van der Waals surface area contributed by atoms with Crippen LogP contribution in [0.3, 0.4) is 0 Å². The Balaban J connectivity index is 1.81. The van der Waals surface area contributed by atoms with Crippen molar-refractivity contribution in [2.45, 2.75) is 20.3 Å². The number of amides is 2. The maximum atomic E-state index is 12.0. The molecule has 1 aromatic rings. The summed E-state index contributed by atoms with van der Waals surface area (Å²) in [5, 5.41) is 5.70. The molecule has 128 valence electrons. The highest BCUT2D eigenvalue weighted by Crippen LogP contribution is 2.38. The van der Waals surface area contributed by atoms with Gasteiger partial charge in [-0.15, -0.1) is 0 Å². The molecule has 2 amide bonds. The van der Waals surface area contributed by atoms with E-state index in [1.165, 1.54) is 0 Å². The van der Waals surface area contributed by atoms with E-state index >= 15 is 0 Å². The molecule has 0 spiro atoms. The lowest BCUT2D eigenvalue weighted by Gasteiger charge is -2.20. The fourth-order valence-corrected chi connectivity index (χ4v) is 2.79. The molecule has 1 aliphatic heterocycles. The van der Waals surface area contributed by atoms with Gasteiger partial charge in [0, 0.05) is 23.2 Å². The summed E-state index contributed by atoms with van der Waals surface area (Å²) < 4.78 is 11.8. The fraction of sp³-hybridized carbons (Fsp3) is 0.562. The normalized spacial score (nSPS) is 13.0. The van der Waals surface area contributed by atoms with E-state index in [1.54, 1.807) is 6.07 Å². The van der Waals surface area contributed by atoms with Crippen molar-refractivity contribution in [1.82, 2.24) is 10.2 Å². The van der Waals surface area contributed by atoms with Crippen molar-refractivity contribution >= 4 is 27.6 Å². The van der Waals surface area contributed by atoms with Crippen LogP contribution in [-0.4, -0.2) is 50.3 Å². The molecule has 2 rings (SSSR count). The molecular formula is C16H24BrN3O3. The SMILES string of the molecule is CCN(CC)CCCNC(=O)Nc1cc2c(cc1Br)OCCO2. The number of nitrogens with one attached hydrogen (secondary N) is 2. The molecule has 0 saturated carbocycles. The lowest BCUT2D eigenvalue weighted by atomic mass is 10.2. The quantitative estimate of drug-likeness (QED) is 0.707. The number of anilines is 1. The third-order valence-corrected chi connectivity index (χ3v) is 4.37. The number of carbonyl (C=O) groups is 1. The smallest absolute Gasteiger partial charge is 0.319 e. The maximum absolute atomic E-state index is 12.0. The lowest BCUT2D eigenvalue weighted by Crippen LogP contribution is -2.32. The highest BCUT2D eigenvalue weighted by Gasteiger charge is 2.16. The van der Waals surface area contributed by atoms with E-state index in [0.717, 1.165) is 30.5 Å². The first-order valence-corrected chi connectivity index (χ1v) is 8.79. The van der Waals surface area contributed by atoms with Gasteiger partial charge in [-0.1, -0.05) is 13.8 Å². The van der Waals surface area contributed by atoms with Gasteiger partial charge in [-0.25, -0.2) is 4.79 Å². The largest absolute Gasteiger partial charge is 0.486 e. The predicted octanol–water partition coefficient (Wildman–Crippen LogP) is 3.07. The number of fused-ring (bicyclic) bond motifs is 1. The highest BCUT2D eigenvalue weighted by atomic mass is 79.9. The van der Waals surface area contributed by atoms with Crippen LogP contribution in [0.5, 0.6) is 11.5 Å². The number of hydrogen-bond donors (Lipinski definition) is 2. The molecule has 1 aromatic carbocycles. The van der Waals surface area contributed by atoms with E-state index in [-0.39, 0.29) is 6.03 Å². The summed E-state index contributed by atoms with van der Waals surface area (Å²) in [6.45, 7) is 9.04. The number of halogens is 1. The second-order valence-electron chi connectivity index (χ2n) is 5.24. The molecule has 0 radical (unpaired) electrons. The average Bonchev–Trinajstić information content (AvgIpc) is 2.55. The summed E-state index contributed by atoms with van der Waals surface area (Å²) in [4.78, 5) is 14.3. The second kappa shape index (κ2) is 8.98. The van der Waals surface area contributed by atoms with Crippen LogP contribution in [-0.2, 0) is 0 Å². The van der Waals surface area contributed by atoms with E-state index in [1.807, 2.05) is 6.07 Å². The number of carbonyl (C=O) groups excluding carboxylic acids is 1. The Labute approximate surface area is 145 Å². The van der Waals surface area contributed by atoms with Crippen LogP contribution in [0.2, 0.25) is 0 Å². The van der Waals surface area contributed by atoms with E-state index in [4.69, 9.17) is 9.47 Å². The van der Waals surface area contributed by atoms with Gasteiger partial charge in [0.25, 0.3) is 0 Å². The maximum Gasteiger partial charge on any atom is 0.319 e. The van der Waals surface area contributed by atoms with Gasteiger partial charge < -0.3 is 25.0 Å². The molecule has 0 fully saturated rings. The number of urea groups is 1. The van der Waals surface area contributed by atoms with E-state index in [0.29, 0.717) is 36.9 Å². The Morgan fingerprint density at radius 1 is 1.22 bits per heavy atom. The van der Waals surface area contributed by atoms with Gasteiger partial charge in [-0.2, -0.15) is 0 Å². The van der Waals surface area contributed by atoms with Gasteiger partial charge in [-0.05, 0) is 42.0 Å². The standard InChI is InChI=1S/C16H24BrN3O3/c1-3-20(4-2)7-5-6-18-16(21)19-13-11-15-14(10-12(13)17)22-8-9-23-15/h10-11H,3-9H2,1-2H3,(H2,18,19,21). The van der Waals surface area contributed by atoms with Crippen molar-refractivity contribution < 1.29 is 14.3 Å². The van der Waals surface area contributed by atoms with Crippen molar-refractivity contribution in [3.8, 4) is 11.5 Å². The summed E-state index contributed by atoms with van der Waals surface area (Å²) in [5.41, 5.74) is 0.662. The summed E-state index contributed by atoms with van der Waals surface area (Å²) in [7, 11) is 0. The van der Waals surface area contributed by atoms with Crippen LogP contribution in [0.15, 0.2) is 16.6 Å². The molecule has 0 atom stereocenters. The summed E-state index contributed by atoms with van der Waals surface area (Å²) >= 11 is 3.44. The van der Waals surface area contributed by atoms with Crippen LogP contribution in [0.4, 0.5) is 10.5 Å². The van der Waals surface area contributed by atoms with Crippen molar-refractivity contribution in [3.63, 3.8) is 0 Å². The van der Waals surface area contributed by atoms with Crippen LogP contribution >= 0.6 is 15.9 Å². The molecule has 0 aromatic heterocycles. The zero-order valence-electron chi connectivity index (χ0n) is 13.7. The minimum atomic E-state index is -0.220. The number of rotatable bonds is 7. The zero-order valence-corrected chi connectivity index (χ0v) is 15.2. The van der Waals surface area contributed by atoms with Crippen LogP contribution in [0, 0.1) is 0 Å². The number of hydrogen-bond acceptors (Lipinski definition) is 4. The topological polar surface area (TPSA) is 62.8 Å². The van der Waals surface area contributed by atoms with Gasteiger partial charge in [0.05, 0.1) is 5.69 Å². The Bertz CT molecular complexity index is 536. The Morgan fingerprint density at radius 3 is 2.52 bits per heavy atom. The molecule has 0 bridgehead atoms. The highest BCUT2D eigenvalue weighted by molar-refractivity contribution is 9.10. The Kier molecular flexibility index (Phi) is 6.98. The molecule has 6 nitrogen and oxygen atoms in total. The molecular weight excluding hydrogens is 362 g/mol. The molecule has 1 aliphatic rings. The first-order valence-electron chi connectivity index (χ1n) is 8.00. The molecule has 2 N–H and O–H groups in total. The lowest BCUT2D eigenvalue weighted by molar-refractivity contribution is 0.171. The van der Waals surface area contributed by atoms with Gasteiger partial charge in [0.15, 0.2) is 11.5 Å². The van der Waals surface area contributed by atoms with Crippen molar-refractivity contribution in [2.24, 2.45) is 0 Å². The van der Waals surface area contributed by atoms with Gasteiger partial charge >= 0.3 is 6.03 Å². The first-order chi connectivity index (χ1) is 11.1. The Morgan fingerprint density at radius 2 is 1.87 bits per heavy atom. The van der Waals surface area contributed by atoms with Crippen LogP contribution in [0.1, 0.15) is 20.3 Å². The molecule has 0 saturated heterocycles. The minimum absolute atomic E-state index is 0.220. The summed E-state index contributed by atoms with van der Waals surface area (Å²) in [6, 6.07) is 3.36. The number of benzene rings is 1. The average molecular weight is 386 g/mol. The molecule has 1 heterocycles. The van der Waals surface area contributed by atoms with E-state index < -0.39 is 0 Å². The van der Waals surface area contributed by atoms with E-state index in [9.17, 15) is 4.79 Å².